The average molecular weight is 464 g/mol. The SMILES string of the molecule is CCN(CC)S(=O)(=O)c1cccc(C(=O)Nc2cc(OC)c(OC)cc2C(=O)N(C)C)c1. The molecule has 0 spiro atoms. The number of hydrogen-bond acceptors (Lipinski definition) is 6. The van der Waals surface area contributed by atoms with Crippen LogP contribution in [0.15, 0.2) is 41.3 Å². The van der Waals surface area contributed by atoms with Crippen LogP contribution in [0.3, 0.4) is 0 Å². The van der Waals surface area contributed by atoms with E-state index in [9.17, 15) is 18.0 Å². The van der Waals surface area contributed by atoms with Gasteiger partial charge < -0.3 is 19.7 Å². The van der Waals surface area contributed by atoms with Gasteiger partial charge in [-0.1, -0.05) is 19.9 Å². The molecule has 0 unspecified atom stereocenters. The number of amides is 2. The highest BCUT2D eigenvalue weighted by Gasteiger charge is 2.24. The second-order valence-electron chi connectivity index (χ2n) is 7.02. The molecule has 0 bridgehead atoms. The first-order chi connectivity index (χ1) is 15.1. The fraction of sp³-hybridized carbons (Fsp3) is 0.364. The van der Waals surface area contributed by atoms with Gasteiger partial charge in [0.2, 0.25) is 10.0 Å². The number of sulfonamides is 1. The summed E-state index contributed by atoms with van der Waals surface area (Å²) in [6, 6.07) is 8.75. The van der Waals surface area contributed by atoms with Crippen LogP contribution >= 0.6 is 0 Å². The van der Waals surface area contributed by atoms with Gasteiger partial charge in [-0.2, -0.15) is 4.31 Å². The first-order valence-corrected chi connectivity index (χ1v) is 11.4. The maximum absolute atomic E-state index is 13.0. The Morgan fingerprint density at radius 3 is 2.09 bits per heavy atom. The number of anilines is 1. The van der Waals surface area contributed by atoms with E-state index in [1.165, 1.54) is 59.8 Å². The molecule has 0 saturated heterocycles. The molecule has 0 aliphatic heterocycles. The van der Waals surface area contributed by atoms with Gasteiger partial charge in [0.05, 0.1) is 30.4 Å². The minimum Gasteiger partial charge on any atom is -0.493 e. The van der Waals surface area contributed by atoms with Gasteiger partial charge in [0, 0.05) is 38.8 Å². The lowest BCUT2D eigenvalue weighted by molar-refractivity contribution is 0.0828. The zero-order valence-electron chi connectivity index (χ0n) is 19.1. The Morgan fingerprint density at radius 2 is 1.56 bits per heavy atom. The van der Waals surface area contributed by atoms with Crippen molar-refractivity contribution in [2.24, 2.45) is 0 Å². The van der Waals surface area contributed by atoms with Gasteiger partial charge in [0.1, 0.15) is 0 Å². The van der Waals surface area contributed by atoms with Crippen LogP contribution in [0, 0.1) is 0 Å². The highest BCUT2D eigenvalue weighted by atomic mass is 32.2. The predicted molar refractivity (Wildman–Crippen MR) is 122 cm³/mol. The van der Waals surface area contributed by atoms with Gasteiger partial charge in [-0.3, -0.25) is 9.59 Å². The molecular formula is C22H29N3O6S. The summed E-state index contributed by atoms with van der Waals surface area (Å²) in [5.74, 6) is -0.250. The van der Waals surface area contributed by atoms with E-state index >= 15 is 0 Å². The first-order valence-electron chi connectivity index (χ1n) is 9.99. The minimum absolute atomic E-state index is 0.0192. The molecule has 0 fully saturated rings. The maximum Gasteiger partial charge on any atom is 0.255 e. The number of methoxy groups -OCH3 is 2. The second-order valence-corrected chi connectivity index (χ2v) is 8.96. The summed E-state index contributed by atoms with van der Waals surface area (Å²) < 4.78 is 37.5. The fourth-order valence-electron chi connectivity index (χ4n) is 3.11. The molecule has 0 aliphatic rings. The number of benzene rings is 2. The maximum atomic E-state index is 13.0. The Hall–Kier alpha value is -3.11. The van der Waals surface area contributed by atoms with Gasteiger partial charge in [0.15, 0.2) is 11.5 Å². The number of nitrogens with zero attached hydrogens (tertiary/aromatic N) is 2. The van der Waals surface area contributed by atoms with E-state index in [1.807, 2.05) is 0 Å². The quantitative estimate of drug-likeness (QED) is 0.613. The second kappa shape index (κ2) is 10.5. The average Bonchev–Trinajstić information content (AvgIpc) is 2.78. The molecule has 32 heavy (non-hydrogen) atoms. The van der Waals surface area contributed by atoms with Crippen molar-refractivity contribution >= 4 is 27.5 Å². The molecule has 9 nitrogen and oxygen atoms in total. The smallest absolute Gasteiger partial charge is 0.255 e. The van der Waals surface area contributed by atoms with E-state index < -0.39 is 15.9 Å². The molecule has 2 aromatic carbocycles. The van der Waals surface area contributed by atoms with Crippen LogP contribution in [0.4, 0.5) is 5.69 Å². The molecule has 2 rings (SSSR count). The highest BCUT2D eigenvalue weighted by molar-refractivity contribution is 7.89. The molecule has 0 aliphatic carbocycles. The van der Waals surface area contributed by atoms with Crippen LogP contribution < -0.4 is 14.8 Å². The Bertz CT molecular complexity index is 1090. The van der Waals surface area contributed by atoms with Crippen molar-refractivity contribution in [2.75, 3.05) is 46.7 Å². The number of hydrogen-bond donors (Lipinski definition) is 1. The Morgan fingerprint density at radius 1 is 0.969 bits per heavy atom. The van der Waals surface area contributed by atoms with Crippen LogP contribution in [0.2, 0.25) is 0 Å². The van der Waals surface area contributed by atoms with E-state index in [-0.39, 0.29) is 27.6 Å². The summed E-state index contributed by atoms with van der Waals surface area (Å²) in [5, 5.41) is 2.69. The zero-order valence-corrected chi connectivity index (χ0v) is 19.9. The molecule has 2 amide bonds. The standard InChI is InChI=1S/C22H29N3O6S/c1-7-25(8-2)32(28,29)16-11-9-10-15(12-16)21(26)23-18-14-20(31-6)19(30-5)13-17(18)22(27)24(3)4/h9-14H,7-8H2,1-6H3,(H,23,26). The number of nitrogens with one attached hydrogen (secondary N) is 1. The Balaban J connectivity index is 2.48. The molecule has 1 N–H and O–H groups in total. The molecule has 0 saturated carbocycles. The van der Waals surface area contributed by atoms with Crippen molar-refractivity contribution in [3.63, 3.8) is 0 Å². The molecule has 0 radical (unpaired) electrons. The van der Waals surface area contributed by atoms with Crippen molar-refractivity contribution in [1.82, 2.24) is 9.21 Å². The molecule has 0 aromatic heterocycles. The van der Waals surface area contributed by atoms with E-state index in [0.717, 1.165) is 0 Å². The zero-order chi connectivity index (χ0) is 24.1. The van der Waals surface area contributed by atoms with Crippen molar-refractivity contribution in [2.45, 2.75) is 18.7 Å². The third-order valence-corrected chi connectivity index (χ3v) is 6.89. The molecule has 0 atom stereocenters. The van der Waals surface area contributed by atoms with E-state index in [0.29, 0.717) is 24.6 Å². The van der Waals surface area contributed by atoms with Crippen molar-refractivity contribution in [3.05, 3.63) is 47.5 Å². The lowest BCUT2D eigenvalue weighted by Crippen LogP contribution is -2.30. The third kappa shape index (κ3) is 5.20. The fourth-order valence-corrected chi connectivity index (χ4v) is 4.61. The lowest BCUT2D eigenvalue weighted by atomic mass is 10.1. The monoisotopic (exact) mass is 463 g/mol. The molecule has 10 heteroatoms. The summed E-state index contributed by atoms with van der Waals surface area (Å²) in [5.41, 5.74) is 0.549. The van der Waals surface area contributed by atoms with Gasteiger partial charge in [-0.05, 0) is 24.3 Å². The Labute approximate surface area is 189 Å². The highest BCUT2D eigenvalue weighted by Crippen LogP contribution is 2.34. The van der Waals surface area contributed by atoms with Crippen LogP contribution in [-0.2, 0) is 10.0 Å². The number of carbonyl (C=O) groups is 2. The largest absolute Gasteiger partial charge is 0.493 e. The number of ether oxygens (including phenoxy) is 2. The van der Waals surface area contributed by atoms with Crippen LogP contribution in [-0.4, -0.2) is 70.8 Å². The number of rotatable bonds is 9. The molecule has 174 valence electrons. The number of carbonyl (C=O) groups excluding carboxylic acids is 2. The summed E-state index contributed by atoms with van der Waals surface area (Å²) in [6.45, 7) is 4.13. The summed E-state index contributed by atoms with van der Waals surface area (Å²) in [7, 11) is 2.34. The minimum atomic E-state index is -3.73. The van der Waals surface area contributed by atoms with Crippen molar-refractivity contribution < 1.29 is 27.5 Å². The van der Waals surface area contributed by atoms with Crippen LogP contribution in [0.5, 0.6) is 11.5 Å². The summed E-state index contributed by atoms with van der Waals surface area (Å²) in [4.78, 5) is 27.0. The van der Waals surface area contributed by atoms with Crippen LogP contribution in [0.25, 0.3) is 0 Å². The summed E-state index contributed by atoms with van der Waals surface area (Å²) in [6.07, 6.45) is 0. The summed E-state index contributed by atoms with van der Waals surface area (Å²) >= 11 is 0. The Kier molecular flexibility index (Phi) is 8.23. The van der Waals surface area contributed by atoms with Gasteiger partial charge in [0.25, 0.3) is 11.8 Å². The lowest BCUT2D eigenvalue weighted by Gasteiger charge is -2.19. The van der Waals surface area contributed by atoms with E-state index in [2.05, 4.69) is 5.32 Å². The normalized spacial score (nSPS) is 11.2. The van der Waals surface area contributed by atoms with Crippen molar-refractivity contribution in [1.29, 1.82) is 0 Å². The topological polar surface area (TPSA) is 105 Å². The van der Waals surface area contributed by atoms with Gasteiger partial charge in [-0.15, -0.1) is 0 Å². The van der Waals surface area contributed by atoms with Gasteiger partial charge in [-0.25, -0.2) is 8.42 Å². The van der Waals surface area contributed by atoms with Crippen molar-refractivity contribution in [3.8, 4) is 11.5 Å². The molecule has 0 heterocycles. The van der Waals surface area contributed by atoms with Crippen LogP contribution in [0.1, 0.15) is 34.6 Å². The van der Waals surface area contributed by atoms with Gasteiger partial charge >= 0.3 is 0 Å². The van der Waals surface area contributed by atoms with E-state index in [4.69, 9.17) is 9.47 Å². The first kappa shape index (κ1) is 25.2. The molecular weight excluding hydrogens is 434 g/mol. The predicted octanol–water partition coefficient (Wildman–Crippen LogP) is 2.69. The third-order valence-electron chi connectivity index (χ3n) is 4.85. The molecule has 2 aromatic rings. The van der Waals surface area contributed by atoms with E-state index in [1.54, 1.807) is 27.9 Å².